The molecule has 1 heterocycles. The second-order valence-corrected chi connectivity index (χ2v) is 4.38. The second kappa shape index (κ2) is 6.33. The molecular formula is C11H20ClNO2. The molecule has 1 atom stereocenters. The van der Waals surface area contributed by atoms with Gasteiger partial charge in [-0.2, -0.15) is 0 Å². The number of carbonyl (C=O) groups excluding carboxylic acids is 1. The zero-order valence-corrected chi connectivity index (χ0v) is 10.3. The Morgan fingerprint density at radius 3 is 2.53 bits per heavy atom. The first-order valence-electron chi connectivity index (χ1n) is 5.73. The minimum absolute atomic E-state index is 0.0779. The van der Waals surface area contributed by atoms with E-state index in [0.29, 0.717) is 12.5 Å². The molecule has 0 aliphatic carbocycles. The largest absolute Gasteiger partial charge is 0.378 e. The van der Waals surface area contributed by atoms with Gasteiger partial charge in [-0.25, -0.2) is 0 Å². The number of ether oxygens (including phenoxy) is 1. The van der Waals surface area contributed by atoms with E-state index in [1.54, 1.807) is 0 Å². The van der Waals surface area contributed by atoms with Crippen molar-refractivity contribution in [3.05, 3.63) is 0 Å². The molecule has 1 fully saturated rings. The molecule has 0 saturated carbocycles. The van der Waals surface area contributed by atoms with E-state index in [4.69, 9.17) is 16.3 Å². The predicted octanol–water partition coefficient (Wildman–Crippen LogP) is 2.03. The van der Waals surface area contributed by atoms with Crippen molar-refractivity contribution in [1.82, 2.24) is 4.90 Å². The van der Waals surface area contributed by atoms with Gasteiger partial charge in [0, 0.05) is 19.7 Å². The number of carbonyl (C=O) groups is 1. The zero-order valence-electron chi connectivity index (χ0n) is 9.54. The molecule has 4 heteroatoms. The van der Waals surface area contributed by atoms with Gasteiger partial charge in [-0.05, 0) is 26.2 Å². The Balaban J connectivity index is 2.33. The van der Waals surface area contributed by atoms with Crippen molar-refractivity contribution in [2.45, 2.75) is 44.6 Å². The SMILES string of the molecule is CCOC1CCN(C(=O)[C@H](Cl)CC)CC1. The molecule has 0 bridgehead atoms. The molecule has 1 aliphatic rings. The van der Waals surface area contributed by atoms with Crippen molar-refractivity contribution >= 4 is 17.5 Å². The van der Waals surface area contributed by atoms with Crippen LogP contribution in [-0.4, -0.2) is 42.0 Å². The molecule has 0 N–H and O–H groups in total. The Morgan fingerprint density at radius 1 is 1.47 bits per heavy atom. The lowest BCUT2D eigenvalue weighted by atomic mass is 10.1. The average molecular weight is 234 g/mol. The van der Waals surface area contributed by atoms with Gasteiger partial charge < -0.3 is 9.64 Å². The van der Waals surface area contributed by atoms with Crippen molar-refractivity contribution in [2.75, 3.05) is 19.7 Å². The third-order valence-corrected chi connectivity index (χ3v) is 3.28. The highest BCUT2D eigenvalue weighted by Gasteiger charge is 2.26. The fraction of sp³-hybridized carbons (Fsp3) is 0.909. The van der Waals surface area contributed by atoms with E-state index in [0.717, 1.165) is 32.5 Å². The summed E-state index contributed by atoms with van der Waals surface area (Å²) in [6.07, 6.45) is 2.90. The molecule has 88 valence electrons. The van der Waals surface area contributed by atoms with E-state index in [1.165, 1.54) is 0 Å². The summed E-state index contributed by atoms with van der Waals surface area (Å²) in [5, 5.41) is -0.353. The van der Waals surface area contributed by atoms with Crippen molar-refractivity contribution in [2.24, 2.45) is 0 Å². The van der Waals surface area contributed by atoms with Crippen LogP contribution < -0.4 is 0 Å². The zero-order chi connectivity index (χ0) is 11.3. The van der Waals surface area contributed by atoms with Gasteiger partial charge >= 0.3 is 0 Å². The molecule has 0 aromatic rings. The number of rotatable bonds is 4. The van der Waals surface area contributed by atoms with Crippen LogP contribution in [0.5, 0.6) is 0 Å². The topological polar surface area (TPSA) is 29.5 Å². The summed E-state index contributed by atoms with van der Waals surface area (Å²) in [5.74, 6) is 0.0779. The van der Waals surface area contributed by atoms with E-state index in [-0.39, 0.29) is 11.3 Å². The monoisotopic (exact) mass is 233 g/mol. The lowest BCUT2D eigenvalue weighted by Gasteiger charge is -2.32. The first-order chi connectivity index (χ1) is 7.19. The molecule has 1 amide bonds. The summed E-state index contributed by atoms with van der Waals surface area (Å²) < 4.78 is 5.53. The molecule has 0 radical (unpaired) electrons. The van der Waals surface area contributed by atoms with E-state index < -0.39 is 0 Å². The first kappa shape index (κ1) is 12.8. The predicted molar refractivity (Wildman–Crippen MR) is 61.2 cm³/mol. The summed E-state index contributed by atoms with van der Waals surface area (Å²) in [6, 6.07) is 0. The van der Waals surface area contributed by atoms with E-state index in [1.807, 2.05) is 18.7 Å². The number of halogens is 1. The maximum atomic E-state index is 11.7. The number of hydrogen-bond donors (Lipinski definition) is 0. The molecular weight excluding hydrogens is 214 g/mol. The third kappa shape index (κ3) is 3.65. The van der Waals surface area contributed by atoms with Gasteiger partial charge in [0.2, 0.25) is 5.91 Å². The summed E-state index contributed by atoms with van der Waals surface area (Å²) in [6.45, 7) is 6.26. The van der Waals surface area contributed by atoms with E-state index in [9.17, 15) is 4.79 Å². The Bertz CT molecular complexity index is 203. The summed E-state index contributed by atoms with van der Waals surface area (Å²) in [5.41, 5.74) is 0. The van der Waals surface area contributed by atoms with Crippen molar-refractivity contribution in [3.8, 4) is 0 Å². The van der Waals surface area contributed by atoms with Gasteiger partial charge in [-0.1, -0.05) is 6.92 Å². The van der Waals surface area contributed by atoms with Gasteiger partial charge in [-0.3, -0.25) is 4.79 Å². The number of nitrogens with zero attached hydrogens (tertiary/aromatic N) is 1. The minimum Gasteiger partial charge on any atom is -0.378 e. The average Bonchev–Trinajstić information content (AvgIpc) is 2.28. The Morgan fingerprint density at radius 2 is 2.07 bits per heavy atom. The van der Waals surface area contributed by atoms with Gasteiger partial charge in [0.25, 0.3) is 0 Å². The van der Waals surface area contributed by atoms with Crippen molar-refractivity contribution < 1.29 is 9.53 Å². The van der Waals surface area contributed by atoms with Gasteiger partial charge in [0.15, 0.2) is 0 Å². The molecule has 1 saturated heterocycles. The lowest BCUT2D eigenvalue weighted by molar-refractivity contribution is -0.133. The third-order valence-electron chi connectivity index (χ3n) is 2.78. The van der Waals surface area contributed by atoms with Crippen LogP contribution in [-0.2, 0) is 9.53 Å². The van der Waals surface area contributed by atoms with Crippen LogP contribution in [0.1, 0.15) is 33.1 Å². The Kier molecular flexibility index (Phi) is 5.40. The number of likely N-dealkylation sites (tertiary alicyclic amines) is 1. The van der Waals surface area contributed by atoms with Gasteiger partial charge in [0.05, 0.1) is 6.10 Å². The van der Waals surface area contributed by atoms with Crippen molar-refractivity contribution in [1.29, 1.82) is 0 Å². The quantitative estimate of drug-likeness (QED) is 0.696. The van der Waals surface area contributed by atoms with Crippen LogP contribution in [0, 0.1) is 0 Å². The maximum absolute atomic E-state index is 11.7. The van der Waals surface area contributed by atoms with Crippen LogP contribution in [0.4, 0.5) is 0 Å². The van der Waals surface area contributed by atoms with Crippen LogP contribution in [0.2, 0.25) is 0 Å². The number of hydrogen-bond acceptors (Lipinski definition) is 2. The minimum atomic E-state index is -0.353. The molecule has 0 unspecified atom stereocenters. The molecule has 1 rings (SSSR count). The van der Waals surface area contributed by atoms with E-state index in [2.05, 4.69) is 0 Å². The molecule has 15 heavy (non-hydrogen) atoms. The second-order valence-electron chi connectivity index (χ2n) is 3.86. The maximum Gasteiger partial charge on any atom is 0.240 e. The van der Waals surface area contributed by atoms with Crippen LogP contribution in [0.3, 0.4) is 0 Å². The Labute approximate surface area is 96.7 Å². The van der Waals surface area contributed by atoms with Crippen LogP contribution in [0.25, 0.3) is 0 Å². The van der Waals surface area contributed by atoms with Gasteiger partial charge in [-0.15, -0.1) is 11.6 Å². The number of piperidine rings is 1. The molecule has 3 nitrogen and oxygen atoms in total. The van der Waals surface area contributed by atoms with Crippen LogP contribution in [0.15, 0.2) is 0 Å². The van der Waals surface area contributed by atoms with Gasteiger partial charge in [0.1, 0.15) is 5.38 Å². The standard InChI is InChI=1S/C11H20ClNO2/c1-3-10(12)11(14)13-7-5-9(6-8-13)15-4-2/h9-10H,3-8H2,1-2H3/t10-/m1/s1. The molecule has 0 aromatic carbocycles. The smallest absolute Gasteiger partial charge is 0.240 e. The van der Waals surface area contributed by atoms with E-state index >= 15 is 0 Å². The van der Waals surface area contributed by atoms with Crippen LogP contribution >= 0.6 is 11.6 Å². The molecule has 0 spiro atoms. The highest BCUT2D eigenvalue weighted by Crippen LogP contribution is 2.16. The number of amides is 1. The normalized spacial score (nSPS) is 20.3. The summed E-state index contributed by atoms with van der Waals surface area (Å²) in [4.78, 5) is 13.6. The molecule has 1 aliphatic heterocycles. The fourth-order valence-electron chi connectivity index (χ4n) is 1.85. The summed E-state index contributed by atoms with van der Waals surface area (Å²) >= 11 is 5.92. The lowest BCUT2D eigenvalue weighted by Crippen LogP contribution is -2.44. The fourth-order valence-corrected chi connectivity index (χ4v) is 1.99. The highest BCUT2D eigenvalue weighted by atomic mass is 35.5. The first-order valence-corrected chi connectivity index (χ1v) is 6.17. The summed E-state index contributed by atoms with van der Waals surface area (Å²) in [7, 11) is 0. The van der Waals surface area contributed by atoms with Crippen molar-refractivity contribution in [3.63, 3.8) is 0 Å². The highest BCUT2D eigenvalue weighted by molar-refractivity contribution is 6.30. The Hall–Kier alpha value is -0.280. The molecule has 0 aromatic heterocycles. The number of alkyl halides is 1.